The fourth-order valence-corrected chi connectivity index (χ4v) is 1.84. The smallest absolute Gasteiger partial charge is 0.237 e. The lowest BCUT2D eigenvalue weighted by atomic mass is 9.87. The lowest BCUT2D eigenvalue weighted by Crippen LogP contribution is -2.48. The Bertz CT molecular complexity index is 607. The van der Waals surface area contributed by atoms with Crippen LogP contribution in [0.4, 0.5) is 0 Å². The number of benzene rings is 1. The Morgan fingerprint density at radius 1 is 1.41 bits per heavy atom. The van der Waals surface area contributed by atoms with Gasteiger partial charge in [-0.3, -0.25) is 4.79 Å². The summed E-state index contributed by atoms with van der Waals surface area (Å²) < 4.78 is 1.67. The average molecular weight is 324 g/mol. The third-order valence-electron chi connectivity index (χ3n) is 3.28. The minimum atomic E-state index is -0.531. The zero-order valence-corrected chi connectivity index (χ0v) is 13.8. The summed E-state index contributed by atoms with van der Waals surface area (Å²) in [4.78, 5) is 15.9. The van der Waals surface area contributed by atoms with Crippen molar-refractivity contribution in [1.29, 1.82) is 0 Å². The molecule has 1 atom stereocenters. The molecule has 0 saturated carbocycles. The number of carbonyl (C=O) groups excluding carboxylic acids is 1. The van der Waals surface area contributed by atoms with Gasteiger partial charge in [0.05, 0.1) is 11.7 Å². The van der Waals surface area contributed by atoms with Crippen LogP contribution in [0.1, 0.15) is 26.3 Å². The van der Waals surface area contributed by atoms with Crippen molar-refractivity contribution in [3.63, 3.8) is 0 Å². The lowest BCUT2D eigenvalue weighted by molar-refractivity contribution is -0.124. The van der Waals surface area contributed by atoms with E-state index in [4.69, 9.17) is 5.73 Å². The first kappa shape index (κ1) is 18.1. The van der Waals surface area contributed by atoms with Crippen LogP contribution < -0.4 is 11.1 Å². The summed E-state index contributed by atoms with van der Waals surface area (Å²) in [6, 6.07) is 7.22. The van der Waals surface area contributed by atoms with E-state index in [1.54, 1.807) is 11.0 Å². The summed E-state index contributed by atoms with van der Waals surface area (Å²) in [6.07, 6.45) is 3.12. The minimum absolute atomic E-state index is 0. The monoisotopic (exact) mass is 323 g/mol. The Kier molecular flexibility index (Phi) is 6.08. The molecule has 0 radical (unpaired) electrons. The molecule has 0 saturated heterocycles. The predicted molar refractivity (Wildman–Crippen MR) is 87.9 cm³/mol. The van der Waals surface area contributed by atoms with E-state index in [1.165, 1.54) is 6.33 Å². The van der Waals surface area contributed by atoms with Crippen LogP contribution in [0.2, 0.25) is 0 Å². The fraction of sp³-hybridized carbons (Fsp3) is 0.400. The van der Waals surface area contributed by atoms with Crippen molar-refractivity contribution < 1.29 is 4.79 Å². The molecule has 0 fully saturated rings. The Hall–Kier alpha value is -1.92. The maximum absolute atomic E-state index is 12.0. The van der Waals surface area contributed by atoms with E-state index in [0.29, 0.717) is 6.54 Å². The predicted octanol–water partition coefficient (Wildman–Crippen LogP) is 1.68. The van der Waals surface area contributed by atoms with Crippen molar-refractivity contribution in [2.75, 3.05) is 0 Å². The van der Waals surface area contributed by atoms with Crippen LogP contribution in [0.3, 0.4) is 0 Å². The van der Waals surface area contributed by atoms with E-state index in [2.05, 4.69) is 15.4 Å². The number of nitrogens with two attached hydrogens (primary N) is 1. The Balaban J connectivity index is 0.00000242. The molecule has 2 aromatic rings. The third-order valence-corrected chi connectivity index (χ3v) is 3.28. The normalized spacial score (nSPS) is 12.4. The molecule has 3 N–H and O–H groups in total. The molecule has 7 heteroatoms. The first-order valence-electron chi connectivity index (χ1n) is 6.85. The molecule has 1 amide bonds. The van der Waals surface area contributed by atoms with Crippen LogP contribution >= 0.6 is 12.4 Å². The molecule has 0 aliphatic heterocycles. The second-order valence-corrected chi connectivity index (χ2v) is 6.07. The minimum Gasteiger partial charge on any atom is -0.351 e. The number of rotatable bonds is 4. The van der Waals surface area contributed by atoms with Crippen LogP contribution in [0.25, 0.3) is 5.69 Å². The Labute approximate surface area is 136 Å². The van der Waals surface area contributed by atoms with Crippen molar-refractivity contribution in [2.45, 2.75) is 33.4 Å². The number of nitrogens with one attached hydrogen (secondary N) is 1. The largest absolute Gasteiger partial charge is 0.351 e. The highest BCUT2D eigenvalue weighted by molar-refractivity contribution is 5.85. The van der Waals surface area contributed by atoms with Gasteiger partial charge in [-0.2, -0.15) is 5.10 Å². The standard InChI is InChI=1S/C15H21N5O.ClH/c1-15(2,3)13(16)14(21)18-8-11-5-4-6-12(7-11)20-10-17-9-19-20;/h4-7,9-10,13H,8,16H2,1-3H3,(H,18,21);1H/t13-;/m1./s1. The van der Waals surface area contributed by atoms with Crippen LogP contribution in [0.15, 0.2) is 36.9 Å². The molecule has 0 aliphatic rings. The topological polar surface area (TPSA) is 85.8 Å². The number of nitrogens with zero attached hydrogens (tertiary/aromatic N) is 3. The molecular weight excluding hydrogens is 302 g/mol. The number of hydrogen-bond donors (Lipinski definition) is 2. The molecule has 1 aromatic carbocycles. The number of halogens is 1. The van der Waals surface area contributed by atoms with Gasteiger partial charge in [0.25, 0.3) is 0 Å². The maximum atomic E-state index is 12.0. The van der Waals surface area contributed by atoms with Crippen molar-refractivity contribution in [3.8, 4) is 5.69 Å². The van der Waals surface area contributed by atoms with E-state index in [-0.39, 0.29) is 23.7 Å². The number of aromatic nitrogens is 3. The van der Waals surface area contributed by atoms with Gasteiger partial charge in [-0.05, 0) is 23.1 Å². The molecule has 1 heterocycles. The zero-order chi connectivity index (χ0) is 15.5. The van der Waals surface area contributed by atoms with Gasteiger partial charge < -0.3 is 11.1 Å². The SMILES string of the molecule is CC(C)(C)[C@H](N)C(=O)NCc1cccc(-n2cncn2)c1.Cl. The summed E-state index contributed by atoms with van der Waals surface area (Å²) in [5.74, 6) is -0.145. The highest BCUT2D eigenvalue weighted by Gasteiger charge is 2.27. The van der Waals surface area contributed by atoms with Crippen LogP contribution in [0.5, 0.6) is 0 Å². The second kappa shape index (κ2) is 7.38. The molecule has 2 rings (SSSR count). The lowest BCUT2D eigenvalue weighted by Gasteiger charge is -2.25. The van der Waals surface area contributed by atoms with Crippen LogP contribution in [-0.4, -0.2) is 26.7 Å². The highest BCUT2D eigenvalue weighted by Crippen LogP contribution is 2.17. The molecular formula is C15H22ClN5O. The number of carbonyl (C=O) groups is 1. The van der Waals surface area contributed by atoms with Gasteiger partial charge in [0.15, 0.2) is 0 Å². The van der Waals surface area contributed by atoms with E-state index in [0.717, 1.165) is 11.3 Å². The third kappa shape index (κ3) is 4.54. The van der Waals surface area contributed by atoms with Crippen molar-refractivity contribution >= 4 is 18.3 Å². The van der Waals surface area contributed by atoms with E-state index in [9.17, 15) is 4.79 Å². The van der Waals surface area contributed by atoms with Gasteiger partial charge in [-0.25, -0.2) is 9.67 Å². The van der Waals surface area contributed by atoms with Gasteiger partial charge in [-0.15, -0.1) is 12.4 Å². The first-order chi connectivity index (χ1) is 9.88. The maximum Gasteiger partial charge on any atom is 0.237 e. The molecule has 120 valence electrons. The molecule has 22 heavy (non-hydrogen) atoms. The summed E-state index contributed by atoms with van der Waals surface area (Å²) in [7, 11) is 0. The molecule has 0 unspecified atom stereocenters. The fourth-order valence-electron chi connectivity index (χ4n) is 1.84. The van der Waals surface area contributed by atoms with Crippen LogP contribution in [-0.2, 0) is 11.3 Å². The van der Waals surface area contributed by atoms with Crippen molar-refractivity contribution in [2.24, 2.45) is 11.1 Å². The quantitative estimate of drug-likeness (QED) is 0.896. The average Bonchev–Trinajstić information content (AvgIpc) is 2.97. The van der Waals surface area contributed by atoms with Gasteiger partial charge in [0, 0.05) is 6.54 Å². The van der Waals surface area contributed by atoms with Crippen molar-refractivity contribution in [3.05, 3.63) is 42.5 Å². The summed E-state index contributed by atoms with van der Waals surface area (Å²) in [5, 5.41) is 6.95. The summed E-state index contributed by atoms with van der Waals surface area (Å²) in [5.41, 5.74) is 7.56. The molecule has 1 aromatic heterocycles. The highest BCUT2D eigenvalue weighted by atomic mass is 35.5. The van der Waals surface area contributed by atoms with E-state index < -0.39 is 6.04 Å². The van der Waals surface area contributed by atoms with Gasteiger partial charge in [0.1, 0.15) is 12.7 Å². The van der Waals surface area contributed by atoms with Gasteiger partial charge >= 0.3 is 0 Å². The van der Waals surface area contributed by atoms with E-state index >= 15 is 0 Å². The Morgan fingerprint density at radius 2 is 2.14 bits per heavy atom. The van der Waals surface area contributed by atoms with Crippen LogP contribution in [0, 0.1) is 5.41 Å². The molecule has 0 aliphatic carbocycles. The number of hydrogen-bond acceptors (Lipinski definition) is 4. The second-order valence-electron chi connectivity index (χ2n) is 6.07. The Morgan fingerprint density at radius 3 is 2.73 bits per heavy atom. The number of amides is 1. The molecule has 6 nitrogen and oxygen atoms in total. The molecule has 0 bridgehead atoms. The van der Waals surface area contributed by atoms with Crippen molar-refractivity contribution in [1.82, 2.24) is 20.1 Å². The van der Waals surface area contributed by atoms with Gasteiger partial charge in [0.2, 0.25) is 5.91 Å². The zero-order valence-electron chi connectivity index (χ0n) is 13.0. The van der Waals surface area contributed by atoms with Gasteiger partial charge in [-0.1, -0.05) is 32.9 Å². The summed E-state index contributed by atoms with van der Waals surface area (Å²) in [6.45, 7) is 6.28. The first-order valence-corrected chi connectivity index (χ1v) is 6.85. The summed E-state index contributed by atoms with van der Waals surface area (Å²) >= 11 is 0. The van der Waals surface area contributed by atoms with E-state index in [1.807, 2.05) is 45.0 Å². The molecule has 0 spiro atoms.